The molecule has 1 amide bonds. The van der Waals surface area contributed by atoms with E-state index in [9.17, 15) is 14.0 Å². The molecule has 1 aromatic heterocycles. The number of carbonyl (C=O) groups excluding carboxylic acids is 1. The molecule has 1 heterocycles. The Morgan fingerprint density at radius 1 is 1.38 bits per heavy atom. The third-order valence-electron chi connectivity index (χ3n) is 2.61. The Kier molecular flexibility index (Phi) is 4.13. The van der Waals surface area contributed by atoms with Crippen molar-refractivity contribution < 1.29 is 19.1 Å². The van der Waals surface area contributed by atoms with Crippen LogP contribution in [0.1, 0.15) is 16.1 Å². The van der Waals surface area contributed by atoms with Crippen molar-refractivity contribution >= 4 is 23.6 Å². The molecule has 0 spiro atoms. The molecule has 7 heteroatoms. The molecule has 0 radical (unpaired) electrons. The molecular weight excluding hydrogens is 277 g/mol. The predicted molar refractivity (Wildman–Crippen MR) is 74.2 cm³/mol. The van der Waals surface area contributed by atoms with Crippen molar-refractivity contribution in [2.75, 3.05) is 5.32 Å². The lowest BCUT2D eigenvalue weighted by atomic mass is 10.1. The fourth-order valence-corrected chi connectivity index (χ4v) is 1.63. The summed E-state index contributed by atoms with van der Waals surface area (Å²) in [4.78, 5) is 22.2. The molecule has 0 atom stereocenters. The number of halogens is 1. The van der Waals surface area contributed by atoms with E-state index in [0.717, 1.165) is 18.2 Å². The number of carboxylic acids is 1. The molecule has 2 N–H and O–H groups in total. The van der Waals surface area contributed by atoms with Gasteiger partial charge >= 0.3 is 5.97 Å². The van der Waals surface area contributed by atoms with Crippen LogP contribution >= 0.6 is 0 Å². The Morgan fingerprint density at radius 3 is 2.71 bits per heavy atom. The van der Waals surface area contributed by atoms with E-state index in [0.29, 0.717) is 0 Å². The first-order valence-electron chi connectivity index (χ1n) is 5.97. The number of aryl methyl sites for hydroxylation is 1. The number of carboxylic acid groups (broad SMARTS) is 1. The smallest absolute Gasteiger partial charge is 0.328 e. The third kappa shape index (κ3) is 3.75. The predicted octanol–water partition coefficient (Wildman–Crippen LogP) is 1.91. The minimum Gasteiger partial charge on any atom is -0.478 e. The van der Waals surface area contributed by atoms with Gasteiger partial charge in [-0.25, -0.2) is 9.18 Å². The van der Waals surface area contributed by atoms with Crippen molar-refractivity contribution in [2.45, 2.75) is 0 Å². The van der Waals surface area contributed by atoms with Crippen molar-refractivity contribution in [1.82, 2.24) is 9.78 Å². The lowest BCUT2D eigenvalue weighted by Gasteiger charge is -2.05. The highest BCUT2D eigenvalue weighted by atomic mass is 19.1. The van der Waals surface area contributed by atoms with Gasteiger partial charge < -0.3 is 10.4 Å². The lowest BCUT2D eigenvalue weighted by Crippen LogP contribution is -2.13. The summed E-state index contributed by atoms with van der Waals surface area (Å²) < 4.78 is 15.2. The number of aromatic nitrogens is 2. The molecule has 108 valence electrons. The van der Waals surface area contributed by atoms with Crippen molar-refractivity contribution in [2.24, 2.45) is 7.05 Å². The van der Waals surface area contributed by atoms with E-state index in [-0.39, 0.29) is 16.9 Å². The Balaban J connectivity index is 2.13. The molecule has 6 nitrogen and oxygen atoms in total. The Hall–Kier alpha value is -2.96. The molecule has 0 fully saturated rings. The van der Waals surface area contributed by atoms with E-state index in [1.807, 2.05) is 0 Å². The van der Waals surface area contributed by atoms with Gasteiger partial charge in [0.15, 0.2) is 5.69 Å². The second-order valence-corrected chi connectivity index (χ2v) is 4.24. The number of nitrogens with one attached hydrogen (secondary N) is 1. The minimum absolute atomic E-state index is 0.119. The van der Waals surface area contributed by atoms with E-state index in [2.05, 4.69) is 10.4 Å². The second-order valence-electron chi connectivity index (χ2n) is 4.24. The van der Waals surface area contributed by atoms with Gasteiger partial charge in [0.2, 0.25) is 0 Å². The van der Waals surface area contributed by atoms with Crippen LogP contribution < -0.4 is 5.32 Å². The van der Waals surface area contributed by atoms with E-state index in [1.165, 1.54) is 22.9 Å². The Bertz CT molecular complexity index is 722. The van der Waals surface area contributed by atoms with Crippen LogP contribution in [0.15, 0.2) is 36.5 Å². The van der Waals surface area contributed by atoms with Gasteiger partial charge in [0.25, 0.3) is 5.91 Å². The SMILES string of the molecule is Cn1ccc(C(=O)Nc2ccc(/C=C/C(=O)O)c(F)c2)n1. The first-order valence-corrected chi connectivity index (χ1v) is 5.97. The van der Waals surface area contributed by atoms with Crippen molar-refractivity contribution in [3.63, 3.8) is 0 Å². The first-order chi connectivity index (χ1) is 9.95. The van der Waals surface area contributed by atoms with Gasteiger partial charge in [0, 0.05) is 30.6 Å². The number of amides is 1. The minimum atomic E-state index is -1.16. The summed E-state index contributed by atoms with van der Waals surface area (Å²) >= 11 is 0. The molecule has 0 aliphatic rings. The molecule has 21 heavy (non-hydrogen) atoms. The van der Waals surface area contributed by atoms with Gasteiger partial charge in [-0.15, -0.1) is 0 Å². The quantitative estimate of drug-likeness (QED) is 0.842. The highest BCUT2D eigenvalue weighted by Crippen LogP contribution is 2.16. The van der Waals surface area contributed by atoms with Crippen molar-refractivity contribution in [3.05, 3.63) is 53.6 Å². The summed E-state index contributed by atoms with van der Waals surface area (Å²) in [5, 5.41) is 14.9. The normalized spacial score (nSPS) is 10.8. The second kappa shape index (κ2) is 6.00. The van der Waals surface area contributed by atoms with Crippen LogP contribution in [0.25, 0.3) is 6.08 Å². The van der Waals surface area contributed by atoms with Crippen molar-refractivity contribution in [3.8, 4) is 0 Å². The van der Waals surface area contributed by atoms with E-state index in [1.54, 1.807) is 13.2 Å². The number of rotatable bonds is 4. The molecular formula is C14H12FN3O3. The zero-order valence-corrected chi connectivity index (χ0v) is 11.1. The average Bonchev–Trinajstić information content (AvgIpc) is 2.84. The fourth-order valence-electron chi connectivity index (χ4n) is 1.63. The maximum absolute atomic E-state index is 13.7. The Morgan fingerprint density at radius 2 is 2.14 bits per heavy atom. The first kappa shape index (κ1) is 14.4. The highest BCUT2D eigenvalue weighted by molar-refractivity contribution is 6.02. The molecule has 1 aromatic carbocycles. The summed E-state index contributed by atoms with van der Waals surface area (Å²) in [7, 11) is 1.68. The summed E-state index contributed by atoms with van der Waals surface area (Å²) in [6.07, 6.45) is 3.60. The third-order valence-corrected chi connectivity index (χ3v) is 2.61. The van der Waals surface area contributed by atoms with Crippen LogP contribution in [-0.4, -0.2) is 26.8 Å². The fraction of sp³-hybridized carbons (Fsp3) is 0.0714. The zero-order chi connectivity index (χ0) is 15.4. The zero-order valence-electron chi connectivity index (χ0n) is 11.1. The van der Waals surface area contributed by atoms with Gasteiger partial charge in [-0.3, -0.25) is 9.48 Å². The number of hydrogen-bond acceptors (Lipinski definition) is 3. The number of benzene rings is 1. The van der Waals surface area contributed by atoms with Crippen molar-refractivity contribution in [1.29, 1.82) is 0 Å². The maximum Gasteiger partial charge on any atom is 0.328 e. The highest BCUT2D eigenvalue weighted by Gasteiger charge is 2.10. The number of carbonyl (C=O) groups is 2. The molecule has 0 aliphatic heterocycles. The van der Waals surface area contributed by atoms with E-state index < -0.39 is 17.7 Å². The van der Waals surface area contributed by atoms with Gasteiger partial charge in [-0.2, -0.15) is 5.10 Å². The molecule has 0 unspecified atom stereocenters. The summed E-state index contributed by atoms with van der Waals surface area (Å²) in [6, 6.07) is 5.51. The van der Waals surface area contributed by atoms with Crippen LogP contribution in [0.3, 0.4) is 0 Å². The summed E-state index contributed by atoms with van der Waals surface area (Å²) in [6.45, 7) is 0. The molecule has 0 aliphatic carbocycles. The standard InChI is InChI=1S/C14H12FN3O3/c1-18-7-6-12(17-18)14(21)16-10-4-2-9(11(15)8-10)3-5-13(19)20/h2-8H,1H3,(H,16,21)(H,19,20)/b5-3+. The van der Waals surface area contributed by atoms with Gasteiger partial charge in [0.1, 0.15) is 5.82 Å². The van der Waals surface area contributed by atoms with Crippen LogP contribution in [0, 0.1) is 5.82 Å². The molecule has 2 aromatic rings. The van der Waals surface area contributed by atoms with Gasteiger partial charge in [-0.05, 0) is 30.3 Å². The molecule has 0 saturated carbocycles. The molecule has 2 rings (SSSR count). The number of aliphatic carboxylic acids is 1. The largest absolute Gasteiger partial charge is 0.478 e. The number of hydrogen-bond donors (Lipinski definition) is 2. The lowest BCUT2D eigenvalue weighted by molar-refractivity contribution is -0.131. The van der Waals surface area contributed by atoms with E-state index in [4.69, 9.17) is 5.11 Å². The maximum atomic E-state index is 13.7. The molecule has 0 bridgehead atoms. The van der Waals surface area contributed by atoms with Crippen LogP contribution in [0.5, 0.6) is 0 Å². The van der Waals surface area contributed by atoms with Gasteiger partial charge in [0.05, 0.1) is 0 Å². The summed E-state index contributed by atoms with van der Waals surface area (Å²) in [5.41, 5.74) is 0.594. The number of anilines is 1. The Labute approximate surface area is 119 Å². The van der Waals surface area contributed by atoms with Crippen LogP contribution in [0.4, 0.5) is 10.1 Å². The topological polar surface area (TPSA) is 84.2 Å². The van der Waals surface area contributed by atoms with Gasteiger partial charge in [-0.1, -0.05) is 0 Å². The van der Waals surface area contributed by atoms with E-state index >= 15 is 0 Å². The average molecular weight is 289 g/mol. The van der Waals surface area contributed by atoms with Crippen LogP contribution in [-0.2, 0) is 11.8 Å². The van der Waals surface area contributed by atoms with Crippen LogP contribution in [0.2, 0.25) is 0 Å². The number of nitrogens with zero attached hydrogens (tertiary/aromatic N) is 2. The molecule has 0 saturated heterocycles. The monoisotopic (exact) mass is 289 g/mol. The summed E-state index contributed by atoms with van der Waals surface area (Å²) in [5.74, 6) is -2.25.